The molecule has 90 valence electrons. The van der Waals surface area contributed by atoms with Gasteiger partial charge in [0.2, 0.25) is 0 Å². The van der Waals surface area contributed by atoms with Gasteiger partial charge in [-0.2, -0.15) is 0 Å². The molecule has 2 N–H and O–H groups in total. The first-order chi connectivity index (χ1) is 8.24. The molecule has 0 aromatic heterocycles. The van der Waals surface area contributed by atoms with Crippen LogP contribution in [0, 0.1) is 0 Å². The highest BCUT2D eigenvalue weighted by atomic mass is 16.5. The second kappa shape index (κ2) is 4.95. The molecule has 2 rings (SSSR count). The molecule has 0 aliphatic rings. The Bertz CT molecular complexity index is 520. The van der Waals surface area contributed by atoms with Gasteiger partial charge in [0.05, 0.1) is 12.0 Å². The second-order valence-electron chi connectivity index (χ2n) is 3.98. The lowest BCUT2D eigenvalue weighted by Gasteiger charge is -2.10. The Hall–Kier alpha value is -1.90. The molecule has 0 heterocycles. The van der Waals surface area contributed by atoms with E-state index in [9.17, 15) is 10.2 Å². The minimum atomic E-state index is 0.130. The fraction of sp³-hybridized carbons (Fsp3) is 0.286. The van der Waals surface area contributed by atoms with Crippen LogP contribution in [0.4, 0.5) is 0 Å². The van der Waals surface area contributed by atoms with Crippen LogP contribution < -0.4 is 4.74 Å². The van der Waals surface area contributed by atoms with Crippen molar-refractivity contribution in [2.24, 2.45) is 0 Å². The van der Waals surface area contributed by atoms with E-state index < -0.39 is 0 Å². The number of fused-ring (bicyclic) bond motifs is 1. The van der Waals surface area contributed by atoms with Crippen molar-refractivity contribution in [2.45, 2.75) is 19.8 Å². The summed E-state index contributed by atoms with van der Waals surface area (Å²) in [7, 11) is 0. The van der Waals surface area contributed by atoms with Gasteiger partial charge in [0.1, 0.15) is 17.2 Å². The van der Waals surface area contributed by atoms with Gasteiger partial charge in [0, 0.05) is 5.39 Å². The Morgan fingerprint density at radius 1 is 1.06 bits per heavy atom. The summed E-state index contributed by atoms with van der Waals surface area (Å²) in [5, 5.41) is 20.7. The Kier molecular flexibility index (Phi) is 3.38. The third-order valence-corrected chi connectivity index (χ3v) is 2.71. The number of rotatable bonds is 4. The molecular formula is C14H16O3. The minimum Gasteiger partial charge on any atom is -0.507 e. The maximum atomic E-state index is 9.84. The highest BCUT2D eigenvalue weighted by Gasteiger charge is 2.09. The number of hydrogen-bond acceptors (Lipinski definition) is 3. The molecule has 2 aromatic rings. The molecule has 0 saturated heterocycles. The van der Waals surface area contributed by atoms with Gasteiger partial charge in [-0.25, -0.2) is 0 Å². The smallest absolute Gasteiger partial charge is 0.130 e. The van der Waals surface area contributed by atoms with E-state index in [-0.39, 0.29) is 11.5 Å². The van der Waals surface area contributed by atoms with E-state index in [2.05, 4.69) is 6.92 Å². The molecule has 0 aliphatic heterocycles. The molecule has 17 heavy (non-hydrogen) atoms. The van der Waals surface area contributed by atoms with Crippen LogP contribution in [0.25, 0.3) is 10.8 Å². The van der Waals surface area contributed by atoms with E-state index in [0.29, 0.717) is 23.1 Å². The van der Waals surface area contributed by atoms with Crippen molar-refractivity contribution in [1.82, 2.24) is 0 Å². The highest BCUT2D eigenvalue weighted by molar-refractivity contribution is 5.97. The number of aromatic hydroxyl groups is 2. The van der Waals surface area contributed by atoms with Gasteiger partial charge in [-0.05, 0) is 24.6 Å². The zero-order chi connectivity index (χ0) is 12.3. The Morgan fingerprint density at radius 2 is 1.82 bits per heavy atom. The van der Waals surface area contributed by atoms with Crippen molar-refractivity contribution < 1.29 is 14.9 Å². The molecule has 0 amide bonds. The lowest BCUT2D eigenvalue weighted by atomic mass is 10.1. The normalized spacial score (nSPS) is 10.6. The summed E-state index contributed by atoms with van der Waals surface area (Å²) in [6.07, 6.45) is 2.03. The van der Waals surface area contributed by atoms with Crippen LogP contribution in [0.15, 0.2) is 30.3 Å². The fourth-order valence-corrected chi connectivity index (χ4v) is 1.79. The second-order valence-corrected chi connectivity index (χ2v) is 3.98. The van der Waals surface area contributed by atoms with Crippen molar-refractivity contribution in [3.8, 4) is 17.2 Å². The monoisotopic (exact) mass is 232 g/mol. The molecule has 0 unspecified atom stereocenters. The van der Waals surface area contributed by atoms with Gasteiger partial charge in [0.15, 0.2) is 0 Å². The predicted molar refractivity (Wildman–Crippen MR) is 67.7 cm³/mol. The zero-order valence-electron chi connectivity index (χ0n) is 9.81. The SMILES string of the molecule is CCCCOc1cccc2c(O)ccc(O)c12. The molecule has 3 nitrogen and oxygen atoms in total. The quantitative estimate of drug-likeness (QED) is 0.627. The summed E-state index contributed by atoms with van der Waals surface area (Å²) in [6.45, 7) is 2.71. The number of phenols is 2. The first-order valence-corrected chi connectivity index (χ1v) is 5.80. The van der Waals surface area contributed by atoms with Crippen molar-refractivity contribution in [3.63, 3.8) is 0 Å². The van der Waals surface area contributed by atoms with Gasteiger partial charge >= 0.3 is 0 Å². The van der Waals surface area contributed by atoms with Gasteiger partial charge in [-0.15, -0.1) is 0 Å². The highest BCUT2D eigenvalue weighted by Crippen LogP contribution is 2.37. The van der Waals surface area contributed by atoms with Crippen molar-refractivity contribution >= 4 is 10.8 Å². The standard InChI is InChI=1S/C14H16O3/c1-2-3-9-17-13-6-4-5-10-11(15)7-8-12(16)14(10)13/h4-8,15-16H,2-3,9H2,1H3. The number of hydrogen-bond donors (Lipinski definition) is 2. The molecule has 0 radical (unpaired) electrons. The number of phenolic OH excluding ortho intramolecular Hbond substituents is 2. The van der Waals surface area contributed by atoms with Gasteiger partial charge < -0.3 is 14.9 Å². The molecular weight excluding hydrogens is 216 g/mol. The Balaban J connectivity index is 2.45. The van der Waals surface area contributed by atoms with Crippen LogP contribution in [0.3, 0.4) is 0 Å². The van der Waals surface area contributed by atoms with E-state index in [1.165, 1.54) is 12.1 Å². The maximum absolute atomic E-state index is 9.84. The zero-order valence-corrected chi connectivity index (χ0v) is 9.81. The van der Waals surface area contributed by atoms with Crippen LogP contribution in [0.1, 0.15) is 19.8 Å². The number of benzene rings is 2. The lowest BCUT2D eigenvalue weighted by Crippen LogP contribution is -1.97. The lowest BCUT2D eigenvalue weighted by molar-refractivity contribution is 0.312. The first-order valence-electron chi connectivity index (χ1n) is 5.80. The molecule has 2 aromatic carbocycles. The molecule has 0 aliphatic carbocycles. The topological polar surface area (TPSA) is 49.7 Å². The average Bonchev–Trinajstić information content (AvgIpc) is 2.34. The van der Waals surface area contributed by atoms with E-state index in [4.69, 9.17) is 4.74 Å². The van der Waals surface area contributed by atoms with Gasteiger partial charge in [-0.1, -0.05) is 25.5 Å². The van der Waals surface area contributed by atoms with Crippen LogP contribution in [-0.2, 0) is 0 Å². The number of unbranched alkanes of at least 4 members (excludes halogenated alkanes) is 1. The number of ether oxygens (including phenoxy) is 1. The predicted octanol–water partition coefficient (Wildman–Crippen LogP) is 3.43. The van der Waals surface area contributed by atoms with Crippen molar-refractivity contribution in [2.75, 3.05) is 6.61 Å². The van der Waals surface area contributed by atoms with Gasteiger partial charge in [-0.3, -0.25) is 0 Å². The molecule has 0 saturated carbocycles. The summed E-state index contributed by atoms with van der Waals surface area (Å²) in [6, 6.07) is 8.33. The molecule has 0 fully saturated rings. The molecule has 3 heteroatoms. The third-order valence-electron chi connectivity index (χ3n) is 2.71. The van der Waals surface area contributed by atoms with Gasteiger partial charge in [0.25, 0.3) is 0 Å². The van der Waals surface area contributed by atoms with E-state index in [0.717, 1.165) is 12.8 Å². The van der Waals surface area contributed by atoms with E-state index in [1.54, 1.807) is 12.1 Å². The molecule has 0 atom stereocenters. The minimum absolute atomic E-state index is 0.130. The summed E-state index contributed by atoms with van der Waals surface area (Å²) in [5.41, 5.74) is 0. The van der Waals surface area contributed by atoms with E-state index >= 15 is 0 Å². The van der Waals surface area contributed by atoms with Crippen molar-refractivity contribution in [3.05, 3.63) is 30.3 Å². The molecule has 0 bridgehead atoms. The largest absolute Gasteiger partial charge is 0.507 e. The van der Waals surface area contributed by atoms with Crippen LogP contribution in [0.2, 0.25) is 0 Å². The van der Waals surface area contributed by atoms with E-state index in [1.807, 2.05) is 6.07 Å². The third kappa shape index (κ3) is 2.28. The first kappa shape index (κ1) is 11.6. The summed E-state index contributed by atoms with van der Waals surface area (Å²) >= 11 is 0. The fourth-order valence-electron chi connectivity index (χ4n) is 1.79. The molecule has 0 spiro atoms. The summed E-state index contributed by atoms with van der Waals surface area (Å²) < 4.78 is 5.62. The Labute approximate surface area is 100 Å². The van der Waals surface area contributed by atoms with Crippen molar-refractivity contribution in [1.29, 1.82) is 0 Å². The summed E-state index contributed by atoms with van der Waals surface area (Å²) in [4.78, 5) is 0. The Morgan fingerprint density at radius 3 is 2.59 bits per heavy atom. The summed E-state index contributed by atoms with van der Waals surface area (Å²) in [5.74, 6) is 0.896. The maximum Gasteiger partial charge on any atom is 0.130 e. The van der Waals surface area contributed by atoms with Crippen LogP contribution in [0.5, 0.6) is 17.2 Å². The average molecular weight is 232 g/mol. The van der Waals surface area contributed by atoms with Crippen LogP contribution in [-0.4, -0.2) is 16.8 Å². The van der Waals surface area contributed by atoms with Crippen LogP contribution >= 0.6 is 0 Å².